The molecule has 0 aliphatic carbocycles. The summed E-state index contributed by atoms with van der Waals surface area (Å²) in [6.45, 7) is 3.29. The van der Waals surface area contributed by atoms with Crippen LogP contribution in [0.2, 0.25) is 0 Å². The molecule has 23 heavy (non-hydrogen) atoms. The third kappa shape index (κ3) is 6.85. The number of rotatable bonds is 6. The number of hydrogen-bond donors (Lipinski definition) is 2. The van der Waals surface area contributed by atoms with Crippen LogP contribution in [0.15, 0.2) is 47.7 Å². The molecule has 1 heterocycles. The van der Waals surface area contributed by atoms with Gasteiger partial charge in [0, 0.05) is 18.9 Å². The summed E-state index contributed by atoms with van der Waals surface area (Å²) >= 11 is 0. The first-order valence-corrected chi connectivity index (χ1v) is 7.24. The molecule has 0 spiro atoms. The maximum absolute atomic E-state index is 5.87. The van der Waals surface area contributed by atoms with Gasteiger partial charge in [0.1, 0.15) is 5.75 Å². The molecule has 0 amide bonds. The first kappa shape index (κ1) is 19.2. The van der Waals surface area contributed by atoms with E-state index >= 15 is 0 Å². The van der Waals surface area contributed by atoms with Gasteiger partial charge in [-0.25, -0.2) is 4.99 Å². The highest BCUT2D eigenvalue weighted by Crippen LogP contribution is 2.11. The first-order valence-electron chi connectivity index (χ1n) is 7.24. The molecule has 3 N–H and O–H groups in total. The molecular formula is C17H23IN4O. The molecule has 0 fully saturated rings. The van der Waals surface area contributed by atoms with E-state index in [1.54, 1.807) is 13.3 Å². The van der Waals surface area contributed by atoms with Crippen LogP contribution in [0.25, 0.3) is 0 Å². The minimum atomic E-state index is 0. The third-order valence-corrected chi connectivity index (χ3v) is 3.24. The second-order valence-corrected chi connectivity index (χ2v) is 5.10. The van der Waals surface area contributed by atoms with Crippen molar-refractivity contribution in [1.29, 1.82) is 0 Å². The zero-order valence-electron chi connectivity index (χ0n) is 13.5. The molecule has 0 radical (unpaired) electrons. The maximum atomic E-state index is 5.87. The molecule has 0 saturated carbocycles. The number of nitrogens with zero attached hydrogens (tertiary/aromatic N) is 2. The number of guanidine groups is 1. The molecule has 1 aromatic carbocycles. The smallest absolute Gasteiger partial charge is 0.188 e. The summed E-state index contributed by atoms with van der Waals surface area (Å²) in [7, 11) is 1.66. The summed E-state index contributed by atoms with van der Waals surface area (Å²) in [4.78, 5) is 8.45. The Bertz CT molecular complexity index is 629. The molecular weight excluding hydrogens is 403 g/mol. The van der Waals surface area contributed by atoms with E-state index in [1.165, 1.54) is 5.56 Å². The maximum Gasteiger partial charge on any atom is 0.188 e. The van der Waals surface area contributed by atoms with Crippen LogP contribution in [0.3, 0.4) is 0 Å². The number of nitrogens with two attached hydrogens (primary N) is 1. The average Bonchev–Trinajstić information content (AvgIpc) is 2.54. The fraction of sp³-hybridized carbons (Fsp3) is 0.294. The van der Waals surface area contributed by atoms with Gasteiger partial charge in [0.05, 0.1) is 13.7 Å². The van der Waals surface area contributed by atoms with Crippen LogP contribution in [0, 0.1) is 6.92 Å². The number of benzene rings is 1. The molecule has 0 saturated heterocycles. The zero-order valence-corrected chi connectivity index (χ0v) is 15.8. The second-order valence-electron chi connectivity index (χ2n) is 5.10. The van der Waals surface area contributed by atoms with Crippen molar-refractivity contribution in [3.63, 3.8) is 0 Å². The van der Waals surface area contributed by atoms with Crippen LogP contribution < -0.4 is 15.8 Å². The van der Waals surface area contributed by atoms with Crippen molar-refractivity contribution in [2.45, 2.75) is 19.9 Å². The molecule has 2 rings (SSSR count). The van der Waals surface area contributed by atoms with Gasteiger partial charge < -0.3 is 15.8 Å². The van der Waals surface area contributed by atoms with Crippen molar-refractivity contribution in [3.8, 4) is 5.75 Å². The van der Waals surface area contributed by atoms with Crippen molar-refractivity contribution in [3.05, 3.63) is 59.4 Å². The predicted octanol–water partition coefficient (Wildman–Crippen LogP) is 2.66. The first-order chi connectivity index (χ1) is 10.7. The quantitative estimate of drug-likeness (QED) is 0.423. The number of pyridine rings is 1. The highest BCUT2D eigenvalue weighted by Gasteiger charge is 1.97. The van der Waals surface area contributed by atoms with E-state index in [0.29, 0.717) is 12.5 Å². The molecule has 6 heteroatoms. The van der Waals surface area contributed by atoms with E-state index in [2.05, 4.69) is 21.4 Å². The van der Waals surface area contributed by atoms with Gasteiger partial charge in [0.15, 0.2) is 5.96 Å². The lowest BCUT2D eigenvalue weighted by atomic mass is 10.1. The minimum absolute atomic E-state index is 0. The molecule has 1 aromatic heterocycles. The fourth-order valence-electron chi connectivity index (χ4n) is 2.06. The van der Waals surface area contributed by atoms with Crippen LogP contribution in [-0.4, -0.2) is 24.6 Å². The lowest BCUT2D eigenvalue weighted by Crippen LogP contribution is -2.33. The Hall–Kier alpha value is -1.83. The Morgan fingerprint density at radius 1 is 1.22 bits per heavy atom. The van der Waals surface area contributed by atoms with Crippen molar-refractivity contribution >= 4 is 29.9 Å². The van der Waals surface area contributed by atoms with Crippen LogP contribution in [0.1, 0.15) is 16.7 Å². The number of aromatic nitrogens is 1. The third-order valence-electron chi connectivity index (χ3n) is 3.24. The van der Waals surface area contributed by atoms with Gasteiger partial charge in [0.25, 0.3) is 0 Å². The topological polar surface area (TPSA) is 72.5 Å². The van der Waals surface area contributed by atoms with E-state index in [-0.39, 0.29) is 24.0 Å². The van der Waals surface area contributed by atoms with Gasteiger partial charge in [0.2, 0.25) is 0 Å². The highest BCUT2D eigenvalue weighted by atomic mass is 127. The Morgan fingerprint density at radius 2 is 1.96 bits per heavy atom. The second kappa shape index (κ2) is 10.0. The lowest BCUT2D eigenvalue weighted by Gasteiger charge is -2.07. The number of aliphatic imine (C=N–C) groups is 1. The van der Waals surface area contributed by atoms with Gasteiger partial charge >= 0.3 is 0 Å². The Balaban J connectivity index is 0.00000264. The van der Waals surface area contributed by atoms with Gasteiger partial charge in [-0.3, -0.25) is 4.98 Å². The molecule has 0 atom stereocenters. The van der Waals surface area contributed by atoms with Crippen LogP contribution in [0.5, 0.6) is 5.75 Å². The normalized spacial score (nSPS) is 10.8. The summed E-state index contributed by atoms with van der Waals surface area (Å²) in [5.74, 6) is 1.32. The predicted molar refractivity (Wildman–Crippen MR) is 104 cm³/mol. The van der Waals surface area contributed by atoms with Crippen LogP contribution in [-0.2, 0) is 13.0 Å². The van der Waals surface area contributed by atoms with Crippen molar-refractivity contribution in [2.75, 3.05) is 13.7 Å². The van der Waals surface area contributed by atoms with E-state index in [0.717, 1.165) is 29.8 Å². The zero-order chi connectivity index (χ0) is 15.8. The standard InChI is InChI=1S/C17H22N4O.HI/c1-13-9-15(11-19-10-13)12-21-17(18)20-8-7-14-3-5-16(22-2)6-4-14;/h3-6,9-11H,7-8,12H2,1-2H3,(H3,18,20,21);1H. The molecule has 0 unspecified atom stereocenters. The van der Waals surface area contributed by atoms with E-state index in [9.17, 15) is 0 Å². The number of ether oxygens (including phenoxy) is 1. The number of hydrogen-bond acceptors (Lipinski definition) is 3. The summed E-state index contributed by atoms with van der Waals surface area (Å²) in [5, 5.41) is 3.12. The number of methoxy groups -OCH3 is 1. The SMILES string of the molecule is COc1ccc(CCNC(N)=NCc2cncc(C)c2)cc1.I. The fourth-order valence-corrected chi connectivity index (χ4v) is 2.06. The largest absolute Gasteiger partial charge is 0.497 e. The average molecular weight is 426 g/mol. The Labute approximate surface area is 154 Å². The van der Waals surface area contributed by atoms with Crippen LogP contribution >= 0.6 is 24.0 Å². The molecule has 124 valence electrons. The Kier molecular flexibility index (Phi) is 8.39. The van der Waals surface area contributed by atoms with Gasteiger partial charge in [-0.05, 0) is 42.2 Å². The molecule has 2 aromatic rings. The number of nitrogens with one attached hydrogen (secondary N) is 1. The van der Waals surface area contributed by atoms with E-state index in [1.807, 2.05) is 37.4 Å². The van der Waals surface area contributed by atoms with Gasteiger partial charge in [-0.2, -0.15) is 0 Å². The minimum Gasteiger partial charge on any atom is -0.497 e. The Morgan fingerprint density at radius 3 is 2.61 bits per heavy atom. The summed E-state index contributed by atoms with van der Waals surface area (Å²) in [6, 6.07) is 10.1. The summed E-state index contributed by atoms with van der Waals surface area (Å²) < 4.78 is 5.13. The van der Waals surface area contributed by atoms with Crippen molar-refractivity contribution in [2.24, 2.45) is 10.7 Å². The molecule has 0 aliphatic rings. The highest BCUT2D eigenvalue weighted by molar-refractivity contribution is 14.0. The lowest BCUT2D eigenvalue weighted by molar-refractivity contribution is 0.414. The van der Waals surface area contributed by atoms with Crippen LogP contribution in [0.4, 0.5) is 0 Å². The monoisotopic (exact) mass is 426 g/mol. The molecule has 5 nitrogen and oxygen atoms in total. The van der Waals surface area contributed by atoms with Crippen molar-refractivity contribution < 1.29 is 4.74 Å². The number of aryl methyl sites for hydroxylation is 1. The summed E-state index contributed by atoms with van der Waals surface area (Å²) in [5.41, 5.74) is 9.27. The van der Waals surface area contributed by atoms with Gasteiger partial charge in [-0.1, -0.05) is 18.2 Å². The molecule has 0 aliphatic heterocycles. The number of halogens is 1. The van der Waals surface area contributed by atoms with E-state index < -0.39 is 0 Å². The van der Waals surface area contributed by atoms with Crippen molar-refractivity contribution in [1.82, 2.24) is 10.3 Å². The molecule has 0 bridgehead atoms. The van der Waals surface area contributed by atoms with E-state index in [4.69, 9.17) is 10.5 Å². The summed E-state index contributed by atoms with van der Waals surface area (Å²) in [6.07, 6.45) is 4.51. The van der Waals surface area contributed by atoms with Gasteiger partial charge in [-0.15, -0.1) is 24.0 Å².